The molecule has 0 aromatic heterocycles. The van der Waals surface area contributed by atoms with Crippen molar-refractivity contribution in [2.75, 3.05) is 14.2 Å². The van der Waals surface area contributed by atoms with Crippen molar-refractivity contribution in [1.29, 1.82) is 0 Å². The summed E-state index contributed by atoms with van der Waals surface area (Å²) < 4.78 is 10.3. The van der Waals surface area contributed by atoms with Crippen LogP contribution in [0.4, 0.5) is 0 Å². The van der Waals surface area contributed by atoms with Crippen molar-refractivity contribution in [2.24, 2.45) is 10.8 Å². The van der Waals surface area contributed by atoms with Crippen LogP contribution in [0.1, 0.15) is 12.5 Å². The monoisotopic (exact) mass is 265 g/mol. The first-order valence-corrected chi connectivity index (χ1v) is 5.36. The Labute approximate surface area is 110 Å². The predicted molar refractivity (Wildman–Crippen MR) is 69.1 cm³/mol. The highest BCUT2D eigenvalue weighted by atomic mass is 16.5. The highest BCUT2D eigenvalue weighted by Crippen LogP contribution is 2.27. The molecule has 0 spiro atoms. The molecule has 2 amide bonds. The van der Waals surface area contributed by atoms with Crippen LogP contribution in [0.2, 0.25) is 0 Å². The molecule has 0 bridgehead atoms. The topological polar surface area (TPSA) is 103 Å². The number of benzene rings is 1. The van der Waals surface area contributed by atoms with Crippen LogP contribution in [0.5, 0.6) is 11.5 Å². The highest BCUT2D eigenvalue weighted by Gasteiger charge is 2.09. The molecule has 0 aliphatic carbocycles. The number of carbonyl (C=O) groups excluding carboxylic acids is 2. The van der Waals surface area contributed by atoms with Crippen LogP contribution in [-0.2, 0) is 9.59 Å². The van der Waals surface area contributed by atoms with Crippen LogP contribution < -0.4 is 20.6 Å². The summed E-state index contributed by atoms with van der Waals surface area (Å²) in [4.78, 5) is 21.5. The first-order chi connectivity index (χ1) is 8.99. The SMILES string of the molecule is COc1ccc(C(C)=NNC(=O)C(N)=O)cc1OC. The van der Waals surface area contributed by atoms with Gasteiger partial charge in [-0.05, 0) is 25.1 Å². The van der Waals surface area contributed by atoms with Crippen LogP contribution in [-0.4, -0.2) is 31.7 Å². The quantitative estimate of drug-likeness (QED) is 0.455. The maximum atomic E-state index is 11.0. The molecule has 0 fully saturated rings. The van der Waals surface area contributed by atoms with E-state index in [2.05, 4.69) is 5.10 Å². The number of hydrogen-bond donors (Lipinski definition) is 2. The second-order valence-corrected chi connectivity index (χ2v) is 3.57. The molecule has 0 aliphatic rings. The van der Waals surface area contributed by atoms with E-state index >= 15 is 0 Å². The fourth-order valence-corrected chi connectivity index (χ4v) is 1.32. The average molecular weight is 265 g/mol. The van der Waals surface area contributed by atoms with Gasteiger partial charge in [0.05, 0.1) is 19.9 Å². The minimum atomic E-state index is -1.09. The number of nitrogens with zero attached hydrogens (tertiary/aromatic N) is 1. The Hall–Kier alpha value is -2.57. The second-order valence-electron chi connectivity index (χ2n) is 3.57. The third-order valence-corrected chi connectivity index (χ3v) is 2.35. The van der Waals surface area contributed by atoms with Gasteiger partial charge >= 0.3 is 11.8 Å². The second kappa shape index (κ2) is 6.39. The molecule has 3 N–H and O–H groups in total. The number of nitrogens with two attached hydrogens (primary N) is 1. The van der Waals surface area contributed by atoms with Crippen molar-refractivity contribution in [3.63, 3.8) is 0 Å². The Morgan fingerprint density at radius 1 is 1.21 bits per heavy atom. The van der Waals surface area contributed by atoms with Crippen LogP contribution in [0, 0.1) is 0 Å². The molecule has 1 aromatic carbocycles. The Balaban J connectivity index is 2.93. The number of hydrazone groups is 1. The molecule has 7 nitrogen and oxygen atoms in total. The number of ether oxygens (including phenoxy) is 2. The number of primary amides is 1. The molecule has 19 heavy (non-hydrogen) atoms. The molecule has 1 rings (SSSR count). The van der Waals surface area contributed by atoms with Gasteiger partial charge in [0.1, 0.15) is 0 Å². The summed E-state index contributed by atoms with van der Waals surface area (Å²) in [6, 6.07) is 5.16. The van der Waals surface area contributed by atoms with E-state index in [1.165, 1.54) is 14.2 Å². The van der Waals surface area contributed by atoms with Crippen molar-refractivity contribution in [1.82, 2.24) is 5.43 Å². The van der Waals surface area contributed by atoms with E-state index < -0.39 is 11.8 Å². The molecule has 102 valence electrons. The number of methoxy groups -OCH3 is 2. The molecule has 0 saturated carbocycles. The number of amides is 2. The summed E-state index contributed by atoms with van der Waals surface area (Å²) in [5, 5.41) is 3.77. The first kappa shape index (κ1) is 14.5. The predicted octanol–water partition coefficient (Wildman–Crippen LogP) is 0.0293. The summed E-state index contributed by atoms with van der Waals surface area (Å²) in [6.07, 6.45) is 0. The van der Waals surface area contributed by atoms with Gasteiger partial charge in [-0.1, -0.05) is 0 Å². The van der Waals surface area contributed by atoms with Crippen molar-refractivity contribution in [3.05, 3.63) is 23.8 Å². The lowest BCUT2D eigenvalue weighted by atomic mass is 10.1. The third-order valence-electron chi connectivity index (χ3n) is 2.35. The van der Waals surface area contributed by atoms with Gasteiger partial charge in [-0.3, -0.25) is 9.59 Å². The summed E-state index contributed by atoms with van der Waals surface area (Å²) in [6.45, 7) is 1.67. The molecule has 0 atom stereocenters. The van der Waals surface area contributed by atoms with Crippen LogP contribution in [0.25, 0.3) is 0 Å². The van der Waals surface area contributed by atoms with Crippen LogP contribution in [0.15, 0.2) is 23.3 Å². The number of hydrogen-bond acceptors (Lipinski definition) is 5. The molecule has 0 unspecified atom stereocenters. The zero-order valence-electron chi connectivity index (χ0n) is 10.9. The lowest BCUT2D eigenvalue weighted by molar-refractivity contribution is -0.137. The Bertz CT molecular complexity index is 526. The molecule has 0 saturated heterocycles. The molecular weight excluding hydrogens is 250 g/mol. The normalized spacial score (nSPS) is 10.8. The molecule has 1 aromatic rings. The fourth-order valence-electron chi connectivity index (χ4n) is 1.32. The lowest BCUT2D eigenvalue weighted by Gasteiger charge is -2.09. The Morgan fingerprint density at radius 3 is 2.37 bits per heavy atom. The summed E-state index contributed by atoms with van der Waals surface area (Å²) in [5.41, 5.74) is 8.04. The average Bonchev–Trinajstić information content (AvgIpc) is 2.43. The van der Waals surface area contributed by atoms with E-state index in [0.29, 0.717) is 22.8 Å². The van der Waals surface area contributed by atoms with Gasteiger partial charge in [0.15, 0.2) is 11.5 Å². The molecule has 0 radical (unpaired) electrons. The van der Waals surface area contributed by atoms with Crippen molar-refractivity contribution < 1.29 is 19.1 Å². The maximum Gasteiger partial charge on any atom is 0.329 e. The zero-order chi connectivity index (χ0) is 14.4. The summed E-state index contributed by atoms with van der Waals surface area (Å²) in [7, 11) is 3.05. The van der Waals surface area contributed by atoms with Crippen molar-refractivity contribution in [2.45, 2.75) is 6.92 Å². The van der Waals surface area contributed by atoms with E-state index in [0.717, 1.165) is 0 Å². The largest absolute Gasteiger partial charge is 0.493 e. The van der Waals surface area contributed by atoms with Crippen LogP contribution in [0.3, 0.4) is 0 Å². The van der Waals surface area contributed by atoms with E-state index in [4.69, 9.17) is 15.2 Å². The van der Waals surface area contributed by atoms with Gasteiger partial charge in [0.25, 0.3) is 0 Å². The van der Waals surface area contributed by atoms with Crippen LogP contribution >= 0.6 is 0 Å². The first-order valence-electron chi connectivity index (χ1n) is 5.36. The number of rotatable bonds is 4. The van der Waals surface area contributed by atoms with Gasteiger partial charge in [-0.15, -0.1) is 0 Å². The molecule has 0 aliphatic heterocycles. The maximum absolute atomic E-state index is 11.0. The zero-order valence-corrected chi connectivity index (χ0v) is 10.9. The van der Waals surface area contributed by atoms with Gasteiger partial charge in [0.2, 0.25) is 0 Å². The molecular formula is C12H15N3O4. The van der Waals surface area contributed by atoms with Gasteiger partial charge in [0, 0.05) is 5.56 Å². The highest BCUT2D eigenvalue weighted by molar-refractivity contribution is 6.34. The number of nitrogens with one attached hydrogen (secondary N) is 1. The number of carbonyl (C=O) groups is 2. The lowest BCUT2D eigenvalue weighted by Crippen LogP contribution is -2.33. The van der Waals surface area contributed by atoms with Gasteiger partial charge in [-0.25, -0.2) is 5.43 Å². The third kappa shape index (κ3) is 3.70. The summed E-state index contributed by atoms with van der Waals surface area (Å²) >= 11 is 0. The Kier molecular flexibility index (Phi) is 4.87. The minimum Gasteiger partial charge on any atom is -0.493 e. The molecule has 0 heterocycles. The van der Waals surface area contributed by atoms with E-state index in [9.17, 15) is 9.59 Å². The van der Waals surface area contributed by atoms with E-state index in [1.807, 2.05) is 5.43 Å². The summed E-state index contributed by atoms with van der Waals surface area (Å²) in [5.74, 6) is -0.945. The van der Waals surface area contributed by atoms with E-state index in [-0.39, 0.29) is 0 Å². The van der Waals surface area contributed by atoms with Gasteiger partial charge in [-0.2, -0.15) is 5.10 Å². The standard InChI is InChI=1S/C12H15N3O4/c1-7(14-15-12(17)11(13)16)8-4-5-9(18-2)10(6-8)19-3/h4-6H,1-3H3,(H2,13,16)(H,15,17). The fraction of sp³-hybridized carbons (Fsp3) is 0.250. The Morgan fingerprint density at radius 2 is 1.84 bits per heavy atom. The van der Waals surface area contributed by atoms with Crippen molar-refractivity contribution >= 4 is 17.5 Å². The molecule has 7 heteroatoms. The van der Waals surface area contributed by atoms with E-state index in [1.54, 1.807) is 25.1 Å². The smallest absolute Gasteiger partial charge is 0.329 e. The van der Waals surface area contributed by atoms with Crippen molar-refractivity contribution in [3.8, 4) is 11.5 Å². The van der Waals surface area contributed by atoms with Gasteiger partial charge < -0.3 is 15.2 Å². The minimum absolute atomic E-state index is 0.496.